The summed E-state index contributed by atoms with van der Waals surface area (Å²) in [5.41, 5.74) is 1.35. The van der Waals surface area contributed by atoms with E-state index in [1.807, 2.05) is 13.0 Å². The monoisotopic (exact) mass is 402 g/mol. The summed E-state index contributed by atoms with van der Waals surface area (Å²) in [4.78, 5) is 30.8. The summed E-state index contributed by atoms with van der Waals surface area (Å²) < 4.78 is 25.4. The van der Waals surface area contributed by atoms with E-state index in [0.29, 0.717) is 11.5 Å². The second kappa shape index (κ2) is 7.69. The van der Waals surface area contributed by atoms with Crippen molar-refractivity contribution in [2.45, 2.75) is 18.2 Å². The summed E-state index contributed by atoms with van der Waals surface area (Å²) >= 11 is 0. The van der Waals surface area contributed by atoms with Crippen molar-refractivity contribution in [1.82, 2.24) is 9.29 Å². The molecule has 28 heavy (non-hydrogen) atoms. The smallest absolute Gasteiger partial charge is 0.242 e. The summed E-state index contributed by atoms with van der Waals surface area (Å²) in [5.74, 6) is -0.490. The van der Waals surface area contributed by atoms with Crippen LogP contribution in [0.4, 0.5) is 11.5 Å². The van der Waals surface area contributed by atoms with Crippen molar-refractivity contribution in [2.75, 3.05) is 30.9 Å². The number of hydrogen-bond acceptors (Lipinski definition) is 5. The number of carbonyl (C=O) groups is 2. The predicted molar refractivity (Wildman–Crippen MR) is 105 cm³/mol. The maximum atomic E-state index is 12.5. The van der Waals surface area contributed by atoms with E-state index in [4.69, 9.17) is 0 Å². The SMILES string of the molecule is Cc1cccc(NC(=O)C2CC(=O)N(c3ccc(S(=O)(=O)N(C)C)cc3)C2)n1. The number of nitrogens with one attached hydrogen (secondary N) is 1. The van der Waals surface area contributed by atoms with Gasteiger partial charge in [0.25, 0.3) is 0 Å². The Balaban J connectivity index is 1.71. The van der Waals surface area contributed by atoms with Crippen molar-refractivity contribution < 1.29 is 18.0 Å². The number of anilines is 2. The average Bonchev–Trinajstić information content (AvgIpc) is 3.03. The lowest BCUT2D eigenvalue weighted by atomic mass is 10.1. The lowest BCUT2D eigenvalue weighted by Crippen LogP contribution is -2.28. The summed E-state index contributed by atoms with van der Waals surface area (Å²) in [6, 6.07) is 11.4. The van der Waals surface area contributed by atoms with Gasteiger partial charge in [-0.3, -0.25) is 9.59 Å². The Hall–Kier alpha value is -2.78. The molecule has 8 nitrogen and oxygen atoms in total. The van der Waals surface area contributed by atoms with E-state index in [1.165, 1.54) is 31.1 Å². The van der Waals surface area contributed by atoms with Gasteiger partial charge in [0.05, 0.1) is 10.8 Å². The number of carbonyl (C=O) groups excluding carboxylic acids is 2. The molecule has 148 valence electrons. The van der Waals surface area contributed by atoms with Gasteiger partial charge in [0.1, 0.15) is 5.82 Å². The Morgan fingerprint density at radius 1 is 1.18 bits per heavy atom. The van der Waals surface area contributed by atoms with Crippen molar-refractivity contribution in [3.63, 3.8) is 0 Å². The third-order valence-corrected chi connectivity index (χ3v) is 6.39. The summed E-state index contributed by atoms with van der Waals surface area (Å²) in [5, 5.41) is 2.74. The average molecular weight is 402 g/mol. The fourth-order valence-electron chi connectivity index (χ4n) is 2.98. The zero-order valence-corrected chi connectivity index (χ0v) is 16.7. The second-order valence-electron chi connectivity index (χ2n) is 6.84. The van der Waals surface area contributed by atoms with Crippen LogP contribution in [0.5, 0.6) is 0 Å². The highest BCUT2D eigenvalue weighted by Crippen LogP contribution is 2.27. The quantitative estimate of drug-likeness (QED) is 0.819. The number of hydrogen-bond donors (Lipinski definition) is 1. The Kier molecular flexibility index (Phi) is 5.48. The molecule has 2 heterocycles. The first kappa shape index (κ1) is 20.0. The minimum atomic E-state index is -3.53. The van der Waals surface area contributed by atoms with Gasteiger partial charge in [0.15, 0.2) is 0 Å². The van der Waals surface area contributed by atoms with Crippen LogP contribution in [0.3, 0.4) is 0 Å². The Morgan fingerprint density at radius 3 is 2.46 bits per heavy atom. The second-order valence-corrected chi connectivity index (χ2v) is 8.99. The summed E-state index contributed by atoms with van der Waals surface area (Å²) in [6.07, 6.45) is 0.0927. The molecular formula is C19H22N4O4S. The van der Waals surface area contributed by atoms with Crippen molar-refractivity contribution >= 4 is 33.3 Å². The lowest BCUT2D eigenvalue weighted by molar-refractivity contribution is -0.122. The van der Waals surface area contributed by atoms with Crippen LogP contribution in [-0.2, 0) is 19.6 Å². The Labute approximate surface area is 164 Å². The maximum Gasteiger partial charge on any atom is 0.242 e. The van der Waals surface area contributed by atoms with Crippen LogP contribution in [0.1, 0.15) is 12.1 Å². The van der Waals surface area contributed by atoms with Crippen LogP contribution in [0.15, 0.2) is 47.4 Å². The van der Waals surface area contributed by atoms with E-state index >= 15 is 0 Å². The van der Waals surface area contributed by atoms with Crippen LogP contribution >= 0.6 is 0 Å². The number of rotatable bonds is 5. The largest absolute Gasteiger partial charge is 0.312 e. The van der Waals surface area contributed by atoms with E-state index in [9.17, 15) is 18.0 Å². The molecule has 0 radical (unpaired) electrons. The van der Waals surface area contributed by atoms with Gasteiger partial charge < -0.3 is 10.2 Å². The first-order valence-electron chi connectivity index (χ1n) is 8.76. The van der Waals surface area contributed by atoms with Gasteiger partial charge in [-0.1, -0.05) is 6.07 Å². The molecule has 0 saturated carbocycles. The van der Waals surface area contributed by atoms with E-state index in [0.717, 1.165) is 10.00 Å². The maximum absolute atomic E-state index is 12.5. The third kappa shape index (κ3) is 4.05. The highest BCUT2D eigenvalue weighted by Gasteiger charge is 2.35. The highest BCUT2D eigenvalue weighted by molar-refractivity contribution is 7.89. The zero-order chi connectivity index (χ0) is 20.5. The fraction of sp³-hybridized carbons (Fsp3) is 0.316. The standard InChI is InChI=1S/C19H22N4O4S/c1-13-5-4-6-17(20-13)21-19(25)14-11-18(24)23(12-14)15-7-9-16(10-8-15)28(26,27)22(2)3/h4-10,14H,11-12H2,1-3H3,(H,20,21,25). The Morgan fingerprint density at radius 2 is 1.86 bits per heavy atom. The number of amides is 2. The van der Waals surface area contributed by atoms with E-state index in [1.54, 1.807) is 24.3 Å². The van der Waals surface area contributed by atoms with Gasteiger partial charge in [0.2, 0.25) is 21.8 Å². The Bertz CT molecular complexity index is 1000. The molecule has 1 N–H and O–H groups in total. The molecule has 2 amide bonds. The first-order chi connectivity index (χ1) is 13.2. The predicted octanol–water partition coefficient (Wildman–Crippen LogP) is 1.63. The van der Waals surface area contributed by atoms with Gasteiger partial charge in [-0.05, 0) is 43.3 Å². The van der Waals surface area contributed by atoms with Gasteiger partial charge in [-0.25, -0.2) is 17.7 Å². The van der Waals surface area contributed by atoms with Gasteiger partial charge in [-0.15, -0.1) is 0 Å². The molecule has 1 unspecified atom stereocenters. The number of benzene rings is 1. The molecule has 1 saturated heterocycles. The molecule has 1 atom stereocenters. The molecule has 3 rings (SSSR count). The third-order valence-electron chi connectivity index (χ3n) is 4.56. The van der Waals surface area contributed by atoms with E-state index in [-0.39, 0.29) is 29.7 Å². The molecule has 1 aliphatic rings. The highest BCUT2D eigenvalue weighted by atomic mass is 32.2. The molecule has 0 spiro atoms. The normalized spacial score (nSPS) is 17.2. The minimum Gasteiger partial charge on any atom is -0.312 e. The van der Waals surface area contributed by atoms with Crippen LogP contribution in [-0.4, -0.2) is 50.2 Å². The van der Waals surface area contributed by atoms with Crippen LogP contribution in [0.2, 0.25) is 0 Å². The first-order valence-corrected chi connectivity index (χ1v) is 10.2. The number of aryl methyl sites for hydroxylation is 1. The minimum absolute atomic E-state index is 0.0927. The molecule has 0 bridgehead atoms. The van der Waals surface area contributed by atoms with Crippen molar-refractivity contribution in [2.24, 2.45) is 5.92 Å². The van der Waals surface area contributed by atoms with Crippen molar-refractivity contribution in [3.8, 4) is 0 Å². The van der Waals surface area contributed by atoms with Crippen molar-refractivity contribution in [1.29, 1.82) is 0 Å². The molecule has 0 aliphatic carbocycles. The lowest BCUT2D eigenvalue weighted by Gasteiger charge is -2.18. The van der Waals surface area contributed by atoms with E-state index < -0.39 is 15.9 Å². The molecule has 1 aromatic carbocycles. The van der Waals surface area contributed by atoms with Crippen LogP contribution in [0, 0.1) is 12.8 Å². The van der Waals surface area contributed by atoms with Gasteiger partial charge >= 0.3 is 0 Å². The fourth-order valence-corrected chi connectivity index (χ4v) is 3.88. The topological polar surface area (TPSA) is 99.7 Å². The molecule has 1 fully saturated rings. The molecule has 1 aliphatic heterocycles. The summed E-state index contributed by atoms with van der Waals surface area (Å²) in [7, 11) is -0.618. The summed E-state index contributed by atoms with van der Waals surface area (Å²) in [6.45, 7) is 2.06. The van der Waals surface area contributed by atoms with Crippen molar-refractivity contribution in [3.05, 3.63) is 48.2 Å². The van der Waals surface area contributed by atoms with Gasteiger partial charge in [0, 0.05) is 38.4 Å². The van der Waals surface area contributed by atoms with Crippen LogP contribution in [0.25, 0.3) is 0 Å². The number of nitrogens with zero attached hydrogens (tertiary/aromatic N) is 3. The van der Waals surface area contributed by atoms with Crippen LogP contribution < -0.4 is 10.2 Å². The number of aromatic nitrogens is 1. The molecule has 1 aromatic heterocycles. The van der Waals surface area contributed by atoms with Gasteiger partial charge in [-0.2, -0.15) is 0 Å². The number of sulfonamides is 1. The zero-order valence-electron chi connectivity index (χ0n) is 15.9. The molecular weight excluding hydrogens is 380 g/mol. The molecule has 9 heteroatoms. The molecule has 2 aromatic rings. The number of pyridine rings is 1. The van der Waals surface area contributed by atoms with E-state index in [2.05, 4.69) is 10.3 Å².